The lowest BCUT2D eigenvalue weighted by Gasteiger charge is -2.14. The summed E-state index contributed by atoms with van der Waals surface area (Å²) in [5.74, 6) is 0.784. The fourth-order valence-corrected chi connectivity index (χ4v) is 2.11. The first kappa shape index (κ1) is 16.0. The van der Waals surface area contributed by atoms with Crippen LogP contribution in [0.25, 0.3) is 0 Å². The summed E-state index contributed by atoms with van der Waals surface area (Å²) in [6.45, 7) is 6.44. The smallest absolute Gasteiger partial charge is 0.223 e. The van der Waals surface area contributed by atoms with Gasteiger partial charge < -0.3 is 10.1 Å². The van der Waals surface area contributed by atoms with Crippen molar-refractivity contribution in [1.29, 1.82) is 0 Å². The van der Waals surface area contributed by atoms with Crippen molar-refractivity contribution in [2.24, 2.45) is 0 Å². The maximum atomic E-state index is 11.9. The van der Waals surface area contributed by atoms with E-state index in [0.29, 0.717) is 13.0 Å². The summed E-state index contributed by atoms with van der Waals surface area (Å²) in [7, 11) is 0. The number of rotatable bonds is 6. The second-order valence-electron chi connectivity index (χ2n) is 5.41. The van der Waals surface area contributed by atoms with Crippen molar-refractivity contribution < 1.29 is 9.53 Å². The maximum absolute atomic E-state index is 11.9. The van der Waals surface area contributed by atoms with Crippen LogP contribution in [0.4, 0.5) is 0 Å². The number of carbonyl (C=O) groups excluding carboxylic acids is 1. The van der Waals surface area contributed by atoms with E-state index in [1.54, 1.807) is 12.4 Å². The van der Waals surface area contributed by atoms with E-state index in [0.717, 1.165) is 11.3 Å². The van der Waals surface area contributed by atoms with Crippen LogP contribution in [-0.2, 0) is 4.79 Å². The molecule has 1 atom stereocenters. The Hall–Kier alpha value is -2.36. The standard InChI is InChI=1S/C18H22N2O2/c1-13-4-5-17(12-14(13)2)22-11-8-18(21)20-15(3)16-6-9-19-10-7-16/h4-7,9-10,12,15H,8,11H2,1-3H3,(H,20,21)/t15-/m1/s1. The van der Waals surface area contributed by atoms with E-state index in [1.165, 1.54) is 11.1 Å². The Bertz CT molecular complexity index is 626. The maximum Gasteiger partial charge on any atom is 0.223 e. The van der Waals surface area contributed by atoms with Gasteiger partial charge >= 0.3 is 0 Å². The van der Waals surface area contributed by atoms with Crippen LogP contribution in [0.1, 0.15) is 36.1 Å². The third-order valence-corrected chi connectivity index (χ3v) is 3.66. The first-order valence-corrected chi connectivity index (χ1v) is 7.45. The van der Waals surface area contributed by atoms with Crippen LogP contribution in [0.15, 0.2) is 42.7 Å². The Morgan fingerprint density at radius 2 is 1.91 bits per heavy atom. The first-order valence-electron chi connectivity index (χ1n) is 7.45. The highest BCUT2D eigenvalue weighted by Gasteiger charge is 2.09. The number of benzene rings is 1. The summed E-state index contributed by atoms with van der Waals surface area (Å²) in [6, 6.07) is 9.72. The topological polar surface area (TPSA) is 51.2 Å². The normalized spacial score (nSPS) is 11.8. The zero-order valence-corrected chi connectivity index (χ0v) is 13.3. The van der Waals surface area contributed by atoms with Gasteiger partial charge in [0.2, 0.25) is 5.91 Å². The van der Waals surface area contributed by atoms with Gasteiger partial charge in [-0.3, -0.25) is 9.78 Å². The molecule has 4 nitrogen and oxygen atoms in total. The highest BCUT2D eigenvalue weighted by molar-refractivity contribution is 5.76. The fraction of sp³-hybridized carbons (Fsp3) is 0.333. The average molecular weight is 298 g/mol. The molecule has 116 valence electrons. The number of amides is 1. The van der Waals surface area contributed by atoms with E-state index in [-0.39, 0.29) is 11.9 Å². The molecule has 4 heteroatoms. The van der Waals surface area contributed by atoms with Crippen LogP contribution in [-0.4, -0.2) is 17.5 Å². The SMILES string of the molecule is Cc1ccc(OCCC(=O)N[C@H](C)c2ccncc2)cc1C. The molecule has 22 heavy (non-hydrogen) atoms. The fourth-order valence-electron chi connectivity index (χ4n) is 2.11. The molecule has 0 bridgehead atoms. The number of ether oxygens (including phenoxy) is 1. The van der Waals surface area contributed by atoms with Crippen LogP contribution in [0.5, 0.6) is 5.75 Å². The Morgan fingerprint density at radius 1 is 1.18 bits per heavy atom. The van der Waals surface area contributed by atoms with Crippen LogP contribution in [0.3, 0.4) is 0 Å². The zero-order valence-electron chi connectivity index (χ0n) is 13.3. The molecule has 0 fully saturated rings. The summed E-state index contributed by atoms with van der Waals surface area (Å²) >= 11 is 0. The summed E-state index contributed by atoms with van der Waals surface area (Å²) in [5.41, 5.74) is 3.46. The molecule has 1 aromatic heterocycles. The van der Waals surface area contributed by atoms with E-state index in [9.17, 15) is 4.79 Å². The number of nitrogens with one attached hydrogen (secondary N) is 1. The van der Waals surface area contributed by atoms with Crippen molar-refractivity contribution >= 4 is 5.91 Å². The summed E-state index contributed by atoms with van der Waals surface area (Å²) in [5, 5.41) is 2.96. The van der Waals surface area contributed by atoms with Gasteiger partial charge in [-0.15, -0.1) is 0 Å². The minimum atomic E-state index is -0.0304. The largest absolute Gasteiger partial charge is 0.493 e. The molecular formula is C18H22N2O2. The summed E-state index contributed by atoms with van der Waals surface area (Å²) in [6.07, 6.45) is 3.78. The van der Waals surface area contributed by atoms with Crippen molar-refractivity contribution in [2.45, 2.75) is 33.2 Å². The summed E-state index contributed by atoms with van der Waals surface area (Å²) in [4.78, 5) is 15.9. The molecule has 1 amide bonds. The molecule has 0 aliphatic rings. The molecule has 1 heterocycles. The number of pyridine rings is 1. The van der Waals surface area contributed by atoms with E-state index in [4.69, 9.17) is 4.74 Å². The van der Waals surface area contributed by atoms with Crippen molar-refractivity contribution in [3.8, 4) is 5.75 Å². The van der Waals surface area contributed by atoms with Crippen LogP contribution in [0, 0.1) is 13.8 Å². The number of hydrogen-bond acceptors (Lipinski definition) is 3. The molecular weight excluding hydrogens is 276 g/mol. The minimum Gasteiger partial charge on any atom is -0.493 e. The first-order chi connectivity index (χ1) is 10.6. The predicted octanol–water partition coefficient (Wildman–Crippen LogP) is 3.34. The Kier molecular flexibility index (Phi) is 5.53. The molecule has 2 rings (SSSR count). The molecule has 0 unspecified atom stereocenters. The highest BCUT2D eigenvalue weighted by atomic mass is 16.5. The van der Waals surface area contributed by atoms with Gasteiger partial charge in [0.15, 0.2) is 0 Å². The van der Waals surface area contributed by atoms with Gasteiger partial charge in [0.1, 0.15) is 5.75 Å². The van der Waals surface area contributed by atoms with Gasteiger partial charge in [-0.2, -0.15) is 0 Å². The average Bonchev–Trinajstić information content (AvgIpc) is 2.51. The van der Waals surface area contributed by atoms with Gasteiger partial charge in [0, 0.05) is 12.4 Å². The van der Waals surface area contributed by atoms with E-state index >= 15 is 0 Å². The minimum absolute atomic E-state index is 0.0202. The molecule has 0 radical (unpaired) electrons. The van der Waals surface area contributed by atoms with Crippen molar-refractivity contribution in [2.75, 3.05) is 6.61 Å². The van der Waals surface area contributed by atoms with Gasteiger partial charge in [-0.1, -0.05) is 6.07 Å². The Balaban J connectivity index is 1.77. The lowest BCUT2D eigenvalue weighted by molar-refractivity contribution is -0.122. The molecule has 0 aliphatic carbocycles. The van der Waals surface area contributed by atoms with Gasteiger partial charge in [0.05, 0.1) is 19.1 Å². The van der Waals surface area contributed by atoms with Crippen molar-refractivity contribution in [3.05, 3.63) is 59.4 Å². The van der Waals surface area contributed by atoms with E-state index in [2.05, 4.69) is 17.2 Å². The van der Waals surface area contributed by atoms with E-state index < -0.39 is 0 Å². The van der Waals surface area contributed by atoms with Crippen LogP contribution >= 0.6 is 0 Å². The molecule has 1 aromatic carbocycles. The lowest BCUT2D eigenvalue weighted by Crippen LogP contribution is -2.27. The quantitative estimate of drug-likeness (QED) is 0.890. The molecule has 0 aliphatic heterocycles. The molecule has 0 saturated carbocycles. The van der Waals surface area contributed by atoms with Gasteiger partial charge in [0.25, 0.3) is 0 Å². The number of hydrogen-bond donors (Lipinski definition) is 1. The van der Waals surface area contributed by atoms with E-state index in [1.807, 2.05) is 44.2 Å². The van der Waals surface area contributed by atoms with Crippen molar-refractivity contribution in [1.82, 2.24) is 10.3 Å². The molecule has 0 saturated heterocycles. The number of nitrogens with zero attached hydrogens (tertiary/aromatic N) is 1. The number of aryl methyl sites for hydroxylation is 2. The van der Waals surface area contributed by atoms with Crippen LogP contribution < -0.4 is 10.1 Å². The second kappa shape index (κ2) is 7.59. The Labute approximate surface area is 131 Å². The highest BCUT2D eigenvalue weighted by Crippen LogP contribution is 2.16. The second-order valence-corrected chi connectivity index (χ2v) is 5.41. The molecule has 1 N–H and O–H groups in total. The van der Waals surface area contributed by atoms with Crippen molar-refractivity contribution in [3.63, 3.8) is 0 Å². The third kappa shape index (κ3) is 4.58. The summed E-state index contributed by atoms with van der Waals surface area (Å²) < 4.78 is 5.63. The zero-order chi connectivity index (χ0) is 15.9. The van der Waals surface area contributed by atoms with Gasteiger partial charge in [-0.05, 0) is 61.7 Å². The van der Waals surface area contributed by atoms with Gasteiger partial charge in [-0.25, -0.2) is 0 Å². The lowest BCUT2D eigenvalue weighted by atomic mass is 10.1. The Morgan fingerprint density at radius 3 is 2.59 bits per heavy atom. The van der Waals surface area contributed by atoms with Crippen LogP contribution in [0.2, 0.25) is 0 Å². The number of carbonyl (C=O) groups is 1. The predicted molar refractivity (Wildman–Crippen MR) is 86.8 cm³/mol. The molecule has 0 spiro atoms. The number of aromatic nitrogens is 1. The third-order valence-electron chi connectivity index (χ3n) is 3.66. The monoisotopic (exact) mass is 298 g/mol. The molecule has 2 aromatic rings.